The summed E-state index contributed by atoms with van der Waals surface area (Å²) >= 11 is 0. The molecule has 0 aromatic heterocycles. The Bertz CT molecular complexity index is 392. The van der Waals surface area contributed by atoms with Crippen LogP contribution in [-0.2, 0) is 4.79 Å². The predicted molar refractivity (Wildman–Crippen MR) is 77.1 cm³/mol. The molecule has 0 spiro atoms. The molecular formula is C13H24N4O4. The average molecular weight is 300 g/mol. The number of nitrogens with zero attached hydrogens (tertiary/aromatic N) is 1. The highest BCUT2D eigenvalue weighted by Gasteiger charge is 2.37. The highest BCUT2D eigenvalue weighted by atomic mass is 16.4. The van der Waals surface area contributed by atoms with E-state index in [1.54, 1.807) is 14.1 Å². The SMILES string of the molecule is CN(C)C(=O)NCCNC(=O)NC1(CC(=O)O)CCCC1. The van der Waals surface area contributed by atoms with Crippen LogP contribution in [0, 0.1) is 0 Å². The lowest BCUT2D eigenvalue weighted by Crippen LogP contribution is -2.52. The molecule has 1 saturated carbocycles. The Morgan fingerprint density at radius 3 is 2.19 bits per heavy atom. The zero-order valence-corrected chi connectivity index (χ0v) is 12.6. The molecule has 1 rings (SSSR count). The standard InChI is InChI=1S/C13H24N4O4/c1-17(2)12(21)15-8-7-14-11(20)16-13(9-10(18)19)5-3-4-6-13/h3-9H2,1-2H3,(H,15,21)(H,18,19)(H2,14,16,20). The van der Waals surface area contributed by atoms with Gasteiger partial charge in [0.15, 0.2) is 0 Å². The lowest BCUT2D eigenvalue weighted by Gasteiger charge is -2.28. The van der Waals surface area contributed by atoms with Gasteiger partial charge < -0.3 is 26.0 Å². The van der Waals surface area contributed by atoms with Gasteiger partial charge in [0.25, 0.3) is 0 Å². The van der Waals surface area contributed by atoms with Gasteiger partial charge in [-0.25, -0.2) is 9.59 Å². The lowest BCUT2D eigenvalue weighted by atomic mass is 9.93. The maximum atomic E-state index is 11.8. The van der Waals surface area contributed by atoms with E-state index in [1.807, 2.05) is 0 Å². The van der Waals surface area contributed by atoms with Crippen LogP contribution in [-0.4, -0.2) is 60.8 Å². The number of rotatable bonds is 6. The normalized spacial score (nSPS) is 16.1. The topological polar surface area (TPSA) is 111 Å². The van der Waals surface area contributed by atoms with Crippen LogP contribution in [0.3, 0.4) is 0 Å². The minimum Gasteiger partial charge on any atom is -0.481 e. The molecular weight excluding hydrogens is 276 g/mol. The molecule has 1 fully saturated rings. The second-order valence-electron chi connectivity index (χ2n) is 5.57. The third kappa shape index (κ3) is 5.88. The van der Waals surface area contributed by atoms with Crippen molar-refractivity contribution in [2.45, 2.75) is 37.6 Å². The van der Waals surface area contributed by atoms with Crippen LogP contribution in [0.1, 0.15) is 32.1 Å². The smallest absolute Gasteiger partial charge is 0.316 e. The molecule has 4 N–H and O–H groups in total. The Kier molecular flexibility index (Phi) is 6.26. The molecule has 0 unspecified atom stereocenters. The van der Waals surface area contributed by atoms with Crippen molar-refractivity contribution >= 4 is 18.0 Å². The molecule has 4 amide bonds. The van der Waals surface area contributed by atoms with Gasteiger partial charge >= 0.3 is 18.0 Å². The molecule has 120 valence electrons. The molecule has 0 radical (unpaired) electrons. The van der Waals surface area contributed by atoms with Gasteiger partial charge in [-0.3, -0.25) is 4.79 Å². The first-order chi connectivity index (χ1) is 9.84. The lowest BCUT2D eigenvalue weighted by molar-refractivity contribution is -0.138. The first-order valence-corrected chi connectivity index (χ1v) is 7.08. The van der Waals surface area contributed by atoms with E-state index in [9.17, 15) is 14.4 Å². The molecule has 1 aliphatic rings. The third-order valence-electron chi connectivity index (χ3n) is 3.52. The average Bonchev–Trinajstić information content (AvgIpc) is 2.81. The summed E-state index contributed by atoms with van der Waals surface area (Å²) in [6, 6.07) is -0.618. The first kappa shape index (κ1) is 17.1. The fourth-order valence-electron chi connectivity index (χ4n) is 2.48. The number of carbonyl (C=O) groups excluding carboxylic acids is 2. The molecule has 0 aromatic carbocycles. The zero-order valence-electron chi connectivity index (χ0n) is 12.6. The van der Waals surface area contributed by atoms with Crippen LogP contribution in [0.15, 0.2) is 0 Å². The zero-order chi connectivity index (χ0) is 15.9. The quantitative estimate of drug-likeness (QED) is 0.530. The summed E-state index contributed by atoms with van der Waals surface area (Å²) < 4.78 is 0. The number of aliphatic carboxylic acids is 1. The van der Waals surface area contributed by atoms with Crippen LogP contribution < -0.4 is 16.0 Å². The predicted octanol–water partition coefficient (Wildman–Crippen LogP) is 0.344. The Labute approximate surface area is 124 Å². The number of hydrogen-bond acceptors (Lipinski definition) is 3. The van der Waals surface area contributed by atoms with Gasteiger partial charge in [-0.15, -0.1) is 0 Å². The molecule has 0 heterocycles. The second-order valence-corrected chi connectivity index (χ2v) is 5.57. The number of carboxylic acid groups (broad SMARTS) is 1. The van der Waals surface area contributed by atoms with E-state index in [-0.39, 0.29) is 19.0 Å². The highest BCUT2D eigenvalue weighted by Crippen LogP contribution is 2.32. The third-order valence-corrected chi connectivity index (χ3v) is 3.52. The molecule has 8 nitrogen and oxygen atoms in total. The number of carboxylic acids is 1. The van der Waals surface area contributed by atoms with Gasteiger partial charge in [0, 0.05) is 27.2 Å². The van der Waals surface area contributed by atoms with Gasteiger partial charge in [-0.2, -0.15) is 0 Å². The van der Waals surface area contributed by atoms with E-state index in [1.165, 1.54) is 4.90 Å². The number of nitrogens with one attached hydrogen (secondary N) is 3. The van der Waals surface area contributed by atoms with Crippen LogP contribution in [0.4, 0.5) is 9.59 Å². The summed E-state index contributed by atoms with van der Waals surface area (Å²) in [4.78, 5) is 35.4. The van der Waals surface area contributed by atoms with E-state index in [2.05, 4.69) is 16.0 Å². The molecule has 0 saturated heterocycles. The first-order valence-electron chi connectivity index (χ1n) is 7.08. The van der Waals surface area contributed by atoms with Crippen molar-refractivity contribution in [1.29, 1.82) is 0 Å². The molecule has 0 bridgehead atoms. The fraction of sp³-hybridized carbons (Fsp3) is 0.769. The van der Waals surface area contributed by atoms with E-state index in [4.69, 9.17) is 5.11 Å². The molecule has 0 aliphatic heterocycles. The van der Waals surface area contributed by atoms with Crippen molar-refractivity contribution in [3.63, 3.8) is 0 Å². The van der Waals surface area contributed by atoms with Crippen molar-refractivity contribution in [2.75, 3.05) is 27.2 Å². The highest BCUT2D eigenvalue weighted by molar-refractivity contribution is 5.77. The minimum atomic E-state index is -0.907. The summed E-state index contributed by atoms with van der Waals surface area (Å²) in [5.41, 5.74) is -0.636. The van der Waals surface area contributed by atoms with E-state index < -0.39 is 17.5 Å². The van der Waals surface area contributed by atoms with Crippen LogP contribution in [0.2, 0.25) is 0 Å². The summed E-state index contributed by atoms with van der Waals surface area (Å²) in [5, 5.41) is 17.0. The summed E-state index contributed by atoms with van der Waals surface area (Å²) in [5.74, 6) is -0.907. The van der Waals surface area contributed by atoms with Crippen molar-refractivity contribution in [1.82, 2.24) is 20.9 Å². The fourth-order valence-corrected chi connectivity index (χ4v) is 2.48. The molecule has 1 aliphatic carbocycles. The number of amides is 4. The van der Waals surface area contributed by atoms with Gasteiger partial charge in [-0.05, 0) is 12.8 Å². The van der Waals surface area contributed by atoms with E-state index in [0.717, 1.165) is 12.8 Å². The van der Waals surface area contributed by atoms with Gasteiger partial charge in [0.1, 0.15) is 0 Å². The maximum absolute atomic E-state index is 11.8. The molecule has 0 atom stereocenters. The molecule has 21 heavy (non-hydrogen) atoms. The number of carbonyl (C=O) groups is 3. The van der Waals surface area contributed by atoms with Gasteiger partial charge in [0.05, 0.1) is 12.0 Å². The van der Waals surface area contributed by atoms with E-state index >= 15 is 0 Å². The van der Waals surface area contributed by atoms with Crippen LogP contribution >= 0.6 is 0 Å². The van der Waals surface area contributed by atoms with Crippen LogP contribution in [0.5, 0.6) is 0 Å². The Morgan fingerprint density at radius 2 is 1.67 bits per heavy atom. The minimum absolute atomic E-state index is 0.0578. The Hall–Kier alpha value is -1.99. The molecule has 0 aromatic rings. The summed E-state index contributed by atoms with van der Waals surface area (Å²) in [6.07, 6.45) is 3.16. The largest absolute Gasteiger partial charge is 0.481 e. The van der Waals surface area contributed by atoms with Crippen molar-refractivity contribution in [3.05, 3.63) is 0 Å². The second kappa shape index (κ2) is 7.70. The Balaban J connectivity index is 2.31. The number of hydrogen-bond donors (Lipinski definition) is 4. The van der Waals surface area contributed by atoms with E-state index in [0.29, 0.717) is 19.4 Å². The van der Waals surface area contributed by atoms with Crippen molar-refractivity contribution in [2.24, 2.45) is 0 Å². The van der Waals surface area contributed by atoms with Gasteiger partial charge in [0.2, 0.25) is 0 Å². The maximum Gasteiger partial charge on any atom is 0.316 e. The van der Waals surface area contributed by atoms with Crippen molar-refractivity contribution < 1.29 is 19.5 Å². The monoisotopic (exact) mass is 300 g/mol. The van der Waals surface area contributed by atoms with Gasteiger partial charge in [-0.1, -0.05) is 12.8 Å². The summed E-state index contributed by atoms with van der Waals surface area (Å²) in [7, 11) is 3.26. The number of urea groups is 2. The van der Waals surface area contributed by atoms with Crippen molar-refractivity contribution in [3.8, 4) is 0 Å². The molecule has 8 heteroatoms. The van der Waals surface area contributed by atoms with Crippen LogP contribution in [0.25, 0.3) is 0 Å². The summed E-state index contributed by atoms with van der Waals surface area (Å²) in [6.45, 7) is 0.602. The Morgan fingerprint density at radius 1 is 1.10 bits per heavy atom.